The molecule has 0 aliphatic rings. The van der Waals surface area contributed by atoms with Gasteiger partial charge in [0.2, 0.25) is 0 Å². The van der Waals surface area contributed by atoms with Gasteiger partial charge in [-0.3, -0.25) is 0 Å². The van der Waals surface area contributed by atoms with Crippen LogP contribution < -0.4 is 10.5 Å². The molecule has 86 valence electrons. The fraction of sp³-hybridized carbons (Fsp3) is 0.500. The largest absolute Gasteiger partial charge is 0.493 e. The first-order valence-electron chi connectivity index (χ1n) is 5.08. The number of hydrogen-bond acceptors (Lipinski definition) is 2. The van der Waals surface area contributed by atoms with Gasteiger partial charge >= 0.3 is 0 Å². The molecule has 0 aromatic heterocycles. The number of nitrogen functional groups attached to an aromatic ring is 1. The average Bonchev–Trinajstić information content (AvgIpc) is 2.10. The molecular formula is C12H20ClNO. The predicted octanol–water partition coefficient (Wildman–Crippen LogP) is 3.42. The third-order valence-electron chi connectivity index (χ3n) is 2.16. The summed E-state index contributed by atoms with van der Waals surface area (Å²) in [5.74, 6) is 1.59. The summed E-state index contributed by atoms with van der Waals surface area (Å²) in [6.45, 7) is 7.18. The van der Waals surface area contributed by atoms with Gasteiger partial charge in [-0.2, -0.15) is 0 Å². The van der Waals surface area contributed by atoms with Crippen LogP contribution in [0.15, 0.2) is 18.2 Å². The van der Waals surface area contributed by atoms with Crippen molar-refractivity contribution in [3.63, 3.8) is 0 Å². The molecule has 0 bridgehead atoms. The van der Waals surface area contributed by atoms with E-state index in [1.54, 1.807) is 0 Å². The lowest BCUT2D eigenvalue weighted by Gasteiger charge is -2.10. The monoisotopic (exact) mass is 229 g/mol. The van der Waals surface area contributed by atoms with Crippen molar-refractivity contribution in [2.24, 2.45) is 5.92 Å². The highest BCUT2D eigenvalue weighted by Gasteiger charge is 2.00. The Morgan fingerprint density at radius 1 is 1.33 bits per heavy atom. The molecule has 15 heavy (non-hydrogen) atoms. The van der Waals surface area contributed by atoms with Crippen LogP contribution in [0.25, 0.3) is 0 Å². The number of nitrogens with two attached hydrogens (primary N) is 1. The summed E-state index contributed by atoms with van der Waals surface area (Å²) in [7, 11) is 0. The van der Waals surface area contributed by atoms with Crippen molar-refractivity contribution in [1.82, 2.24) is 0 Å². The summed E-state index contributed by atoms with van der Waals surface area (Å²) in [6.07, 6.45) is 1.08. The minimum absolute atomic E-state index is 0. The maximum Gasteiger partial charge on any atom is 0.124 e. The van der Waals surface area contributed by atoms with Crippen LogP contribution >= 0.6 is 12.4 Å². The standard InChI is InChI=1S/C12H19NO.ClH/c1-9(2)6-7-14-12-8-11(13)5-4-10(12)3;/h4-5,8-9H,6-7,13H2,1-3H3;1H. The van der Waals surface area contributed by atoms with E-state index in [9.17, 15) is 0 Å². The van der Waals surface area contributed by atoms with Gasteiger partial charge in [0, 0.05) is 11.8 Å². The smallest absolute Gasteiger partial charge is 0.124 e. The third kappa shape index (κ3) is 4.93. The molecule has 0 fully saturated rings. The van der Waals surface area contributed by atoms with Gasteiger partial charge in [-0.25, -0.2) is 0 Å². The molecule has 2 nitrogen and oxygen atoms in total. The molecule has 0 saturated heterocycles. The first-order chi connectivity index (χ1) is 6.59. The van der Waals surface area contributed by atoms with Crippen LogP contribution in [0.1, 0.15) is 25.8 Å². The van der Waals surface area contributed by atoms with E-state index in [0.29, 0.717) is 5.92 Å². The lowest BCUT2D eigenvalue weighted by Crippen LogP contribution is -2.02. The van der Waals surface area contributed by atoms with Gasteiger partial charge < -0.3 is 10.5 Å². The number of anilines is 1. The molecule has 0 unspecified atom stereocenters. The van der Waals surface area contributed by atoms with Crippen LogP contribution in [0.2, 0.25) is 0 Å². The van der Waals surface area contributed by atoms with Gasteiger partial charge in [0.1, 0.15) is 5.75 Å². The lowest BCUT2D eigenvalue weighted by molar-refractivity contribution is 0.288. The predicted molar refractivity (Wildman–Crippen MR) is 67.8 cm³/mol. The van der Waals surface area contributed by atoms with E-state index < -0.39 is 0 Å². The van der Waals surface area contributed by atoms with E-state index >= 15 is 0 Å². The van der Waals surface area contributed by atoms with Gasteiger partial charge in [-0.05, 0) is 30.9 Å². The van der Waals surface area contributed by atoms with E-state index in [4.69, 9.17) is 10.5 Å². The molecule has 0 spiro atoms. The van der Waals surface area contributed by atoms with Gasteiger partial charge in [-0.15, -0.1) is 12.4 Å². The zero-order valence-electron chi connectivity index (χ0n) is 9.62. The maximum absolute atomic E-state index is 5.68. The van der Waals surface area contributed by atoms with Crippen LogP contribution in [0.5, 0.6) is 5.75 Å². The summed E-state index contributed by atoms with van der Waals surface area (Å²) in [5, 5.41) is 0. The van der Waals surface area contributed by atoms with Gasteiger partial charge in [0.15, 0.2) is 0 Å². The normalized spacial score (nSPS) is 9.87. The number of ether oxygens (including phenoxy) is 1. The average molecular weight is 230 g/mol. The molecule has 2 N–H and O–H groups in total. The van der Waals surface area contributed by atoms with E-state index in [0.717, 1.165) is 30.0 Å². The van der Waals surface area contributed by atoms with E-state index in [1.165, 1.54) is 0 Å². The van der Waals surface area contributed by atoms with Crippen LogP contribution in [-0.4, -0.2) is 6.61 Å². The molecule has 0 amide bonds. The number of benzene rings is 1. The van der Waals surface area contributed by atoms with Crippen LogP contribution in [0, 0.1) is 12.8 Å². The fourth-order valence-electron chi connectivity index (χ4n) is 1.18. The van der Waals surface area contributed by atoms with Crippen LogP contribution in [0.4, 0.5) is 5.69 Å². The Bertz CT molecular complexity index is 300. The maximum atomic E-state index is 5.68. The van der Waals surface area contributed by atoms with Crippen molar-refractivity contribution in [1.29, 1.82) is 0 Å². The van der Waals surface area contributed by atoms with Crippen molar-refractivity contribution in [2.45, 2.75) is 27.2 Å². The zero-order chi connectivity index (χ0) is 10.6. The zero-order valence-corrected chi connectivity index (χ0v) is 10.4. The molecule has 3 heteroatoms. The van der Waals surface area contributed by atoms with Crippen LogP contribution in [0.3, 0.4) is 0 Å². The number of hydrogen-bond donors (Lipinski definition) is 1. The summed E-state index contributed by atoms with van der Waals surface area (Å²) in [5.41, 5.74) is 7.58. The van der Waals surface area contributed by atoms with Crippen molar-refractivity contribution in [3.05, 3.63) is 23.8 Å². The second kappa shape index (κ2) is 6.57. The second-order valence-corrected chi connectivity index (χ2v) is 4.06. The van der Waals surface area contributed by atoms with Crippen molar-refractivity contribution in [3.8, 4) is 5.75 Å². The van der Waals surface area contributed by atoms with Crippen molar-refractivity contribution >= 4 is 18.1 Å². The van der Waals surface area contributed by atoms with E-state index in [2.05, 4.69) is 13.8 Å². The summed E-state index contributed by atoms with van der Waals surface area (Å²) < 4.78 is 5.65. The first kappa shape index (κ1) is 14.1. The molecule has 0 atom stereocenters. The minimum Gasteiger partial charge on any atom is -0.493 e. The molecule has 1 aromatic carbocycles. The Kier molecular flexibility index (Phi) is 6.18. The minimum atomic E-state index is 0. The van der Waals surface area contributed by atoms with Gasteiger partial charge in [-0.1, -0.05) is 19.9 Å². The van der Waals surface area contributed by atoms with Gasteiger partial charge in [0.25, 0.3) is 0 Å². The molecular weight excluding hydrogens is 210 g/mol. The summed E-state index contributed by atoms with van der Waals surface area (Å²) in [6, 6.07) is 5.76. The highest BCUT2D eigenvalue weighted by atomic mass is 35.5. The second-order valence-electron chi connectivity index (χ2n) is 4.06. The van der Waals surface area contributed by atoms with Gasteiger partial charge in [0.05, 0.1) is 6.61 Å². The first-order valence-corrected chi connectivity index (χ1v) is 5.08. The Hall–Kier alpha value is -0.890. The highest BCUT2D eigenvalue weighted by Crippen LogP contribution is 2.21. The summed E-state index contributed by atoms with van der Waals surface area (Å²) in [4.78, 5) is 0. The van der Waals surface area contributed by atoms with E-state index in [1.807, 2.05) is 25.1 Å². The Labute approximate surface area is 98.2 Å². The molecule has 0 heterocycles. The summed E-state index contributed by atoms with van der Waals surface area (Å²) >= 11 is 0. The quantitative estimate of drug-likeness (QED) is 0.803. The Balaban J connectivity index is 0.00000196. The molecule has 0 aliphatic heterocycles. The molecule has 1 aromatic rings. The third-order valence-corrected chi connectivity index (χ3v) is 2.16. The fourth-order valence-corrected chi connectivity index (χ4v) is 1.18. The van der Waals surface area contributed by atoms with E-state index in [-0.39, 0.29) is 12.4 Å². The SMILES string of the molecule is Cc1ccc(N)cc1OCCC(C)C.Cl. The number of halogens is 1. The topological polar surface area (TPSA) is 35.2 Å². The Morgan fingerprint density at radius 3 is 2.60 bits per heavy atom. The lowest BCUT2D eigenvalue weighted by atomic mass is 10.1. The molecule has 1 rings (SSSR count). The Morgan fingerprint density at radius 2 is 2.00 bits per heavy atom. The number of aryl methyl sites for hydroxylation is 1. The molecule has 0 saturated carbocycles. The van der Waals surface area contributed by atoms with Crippen molar-refractivity contribution in [2.75, 3.05) is 12.3 Å². The molecule has 0 radical (unpaired) electrons. The molecule has 0 aliphatic carbocycles. The number of rotatable bonds is 4. The highest BCUT2D eigenvalue weighted by molar-refractivity contribution is 5.85. The van der Waals surface area contributed by atoms with Crippen molar-refractivity contribution < 1.29 is 4.74 Å². The van der Waals surface area contributed by atoms with Crippen LogP contribution in [-0.2, 0) is 0 Å².